The second-order valence-corrected chi connectivity index (χ2v) is 6.26. The van der Waals surface area contributed by atoms with Crippen molar-refractivity contribution in [3.63, 3.8) is 0 Å². The molecule has 1 saturated carbocycles. The number of nitrogens with one attached hydrogen (secondary N) is 3. The van der Waals surface area contributed by atoms with Gasteiger partial charge in [0.1, 0.15) is 22.5 Å². The summed E-state index contributed by atoms with van der Waals surface area (Å²) in [5.74, 6) is 0.836. The van der Waals surface area contributed by atoms with Crippen LogP contribution < -0.4 is 10.6 Å². The van der Waals surface area contributed by atoms with Crippen molar-refractivity contribution in [3.05, 3.63) is 23.6 Å². The number of carbonyl (C=O) groups excluding carboxylic acids is 1. The van der Waals surface area contributed by atoms with Gasteiger partial charge >= 0.3 is 0 Å². The zero-order valence-corrected chi connectivity index (χ0v) is 14.1. The van der Waals surface area contributed by atoms with Crippen molar-refractivity contribution < 1.29 is 4.79 Å². The number of hydrogen-bond donors (Lipinski definition) is 3. The van der Waals surface area contributed by atoms with Crippen LogP contribution >= 0.6 is 11.6 Å². The number of nitrogens with zero attached hydrogens (tertiary/aromatic N) is 5. The highest BCUT2D eigenvalue weighted by Crippen LogP contribution is 2.23. The van der Waals surface area contributed by atoms with Crippen LogP contribution in [-0.4, -0.2) is 48.1 Å². The molecule has 1 amide bonds. The molecule has 3 heterocycles. The van der Waals surface area contributed by atoms with Crippen molar-refractivity contribution in [1.82, 2.24) is 35.5 Å². The van der Waals surface area contributed by atoms with Crippen LogP contribution in [0.25, 0.3) is 22.7 Å². The van der Waals surface area contributed by atoms with Gasteiger partial charge in [-0.15, -0.1) is 0 Å². The Kier molecular flexibility index (Phi) is 3.92. The molecule has 3 aromatic rings. The smallest absolute Gasteiger partial charge is 0.242 e. The molecule has 1 aliphatic rings. The van der Waals surface area contributed by atoms with Crippen molar-refractivity contribution in [2.75, 3.05) is 5.32 Å². The number of fused-ring (bicyclic) bond motifs is 1. The fourth-order valence-electron chi connectivity index (χ4n) is 2.33. The first-order valence-electron chi connectivity index (χ1n) is 7.87. The average Bonchev–Trinajstić information content (AvgIpc) is 3.31. The molecule has 0 saturated heterocycles. The summed E-state index contributed by atoms with van der Waals surface area (Å²) < 4.78 is 0. The van der Waals surface area contributed by atoms with Crippen LogP contribution in [0.5, 0.6) is 0 Å². The molecule has 0 spiro atoms. The van der Waals surface area contributed by atoms with Gasteiger partial charge in [0, 0.05) is 12.2 Å². The lowest BCUT2D eigenvalue weighted by Gasteiger charge is -2.14. The Hall–Kier alpha value is -2.81. The van der Waals surface area contributed by atoms with Gasteiger partial charge in [-0.2, -0.15) is 5.10 Å². The van der Waals surface area contributed by atoms with Crippen molar-refractivity contribution in [2.45, 2.75) is 31.8 Å². The van der Waals surface area contributed by atoms with Crippen LogP contribution in [0.4, 0.5) is 5.82 Å². The maximum Gasteiger partial charge on any atom is 0.242 e. The third kappa shape index (κ3) is 3.36. The van der Waals surface area contributed by atoms with E-state index in [9.17, 15) is 4.79 Å². The monoisotopic (exact) mass is 358 g/mol. The summed E-state index contributed by atoms with van der Waals surface area (Å²) in [6.45, 7) is 1.79. The lowest BCUT2D eigenvalue weighted by atomic mass is 10.3. The molecule has 3 N–H and O–H groups in total. The predicted molar refractivity (Wildman–Crippen MR) is 92.0 cm³/mol. The van der Waals surface area contributed by atoms with E-state index in [1.807, 2.05) is 0 Å². The standard InChI is InChI=1S/C15H15ClN8O/c1-7(15(25)20-8-2-3-8)19-10-4-5-17-13(22-10)12-11-14(24-23-12)18-6-9(16)21-11/h4-8H,2-3H2,1H3,(H,20,25)(H,17,19,22)(H,18,23,24)/t7-/m0/s1. The van der Waals surface area contributed by atoms with E-state index in [2.05, 4.69) is 40.8 Å². The van der Waals surface area contributed by atoms with Gasteiger partial charge < -0.3 is 10.6 Å². The van der Waals surface area contributed by atoms with E-state index < -0.39 is 6.04 Å². The molecule has 128 valence electrons. The molecule has 1 atom stereocenters. The van der Waals surface area contributed by atoms with E-state index in [1.165, 1.54) is 6.20 Å². The van der Waals surface area contributed by atoms with Gasteiger partial charge in [0.2, 0.25) is 5.91 Å². The second-order valence-electron chi connectivity index (χ2n) is 5.88. The van der Waals surface area contributed by atoms with E-state index >= 15 is 0 Å². The molecule has 10 heteroatoms. The molecule has 9 nitrogen and oxygen atoms in total. The molecule has 4 rings (SSSR count). The van der Waals surface area contributed by atoms with Gasteiger partial charge in [0.15, 0.2) is 17.2 Å². The highest BCUT2D eigenvalue weighted by atomic mass is 35.5. The second kappa shape index (κ2) is 6.25. The van der Waals surface area contributed by atoms with Crippen LogP contribution in [0, 0.1) is 0 Å². The van der Waals surface area contributed by atoms with E-state index in [-0.39, 0.29) is 11.1 Å². The van der Waals surface area contributed by atoms with Crippen molar-refractivity contribution in [3.8, 4) is 11.5 Å². The number of anilines is 1. The molecule has 0 radical (unpaired) electrons. The van der Waals surface area contributed by atoms with Gasteiger partial charge in [0.25, 0.3) is 0 Å². The first-order chi connectivity index (χ1) is 12.1. The number of hydrogen-bond acceptors (Lipinski definition) is 7. The van der Waals surface area contributed by atoms with Gasteiger partial charge in [-0.25, -0.2) is 19.9 Å². The van der Waals surface area contributed by atoms with Crippen molar-refractivity contribution >= 4 is 34.5 Å². The number of rotatable bonds is 5. The van der Waals surface area contributed by atoms with Crippen LogP contribution in [0.3, 0.4) is 0 Å². The molecular weight excluding hydrogens is 344 g/mol. The number of amides is 1. The topological polar surface area (TPSA) is 121 Å². The number of aromatic nitrogens is 6. The van der Waals surface area contributed by atoms with Gasteiger partial charge in [-0.3, -0.25) is 9.89 Å². The first kappa shape index (κ1) is 15.7. The highest BCUT2D eigenvalue weighted by molar-refractivity contribution is 6.29. The SMILES string of the molecule is C[C@H](Nc1ccnc(-c2n[nH]c3ncc(Cl)nc23)n1)C(=O)NC1CC1. The Morgan fingerprint density at radius 2 is 2.20 bits per heavy atom. The Morgan fingerprint density at radius 1 is 1.36 bits per heavy atom. The van der Waals surface area contributed by atoms with Crippen molar-refractivity contribution in [2.24, 2.45) is 0 Å². The number of H-pyrrole nitrogens is 1. The summed E-state index contributed by atoms with van der Waals surface area (Å²) in [5, 5.41) is 13.2. The molecule has 3 aromatic heterocycles. The molecule has 1 fully saturated rings. The molecule has 0 unspecified atom stereocenters. The maximum absolute atomic E-state index is 12.1. The minimum Gasteiger partial charge on any atom is -0.359 e. The van der Waals surface area contributed by atoms with Crippen LogP contribution in [0.2, 0.25) is 5.15 Å². The van der Waals surface area contributed by atoms with Crippen LogP contribution in [0.15, 0.2) is 18.5 Å². The van der Waals surface area contributed by atoms with Gasteiger partial charge in [0.05, 0.1) is 6.20 Å². The van der Waals surface area contributed by atoms with E-state index in [1.54, 1.807) is 19.2 Å². The Morgan fingerprint density at radius 3 is 3.00 bits per heavy atom. The average molecular weight is 359 g/mol. The van der Waals surface area contributed by atoms with E-state index in [0.717, 1.165) is 12.8 Å². The first-order valence-corrected chi connectivity index (χ1v) is 8.25. The molecule has 0 aromatic carbocycles. The molecular formula is C15H15ClN8O. The van der Waals surface area contributed by atoms with Crippen LogP contribution in [0.1, 0.15) is 19.8 Å². The summed E-state index contributed by atoms with van der Waals surface area (Å²) in [6.07, 6.45) is 5.12. The Bertz CT molecular complexity index is 938. The molecule has 25 heavy (non-hydrogen) atoms. The zero-order valence-electron chi connectivity index (χ0n) is 13.3. The third-order valence-electron chi connectivity index (χ3n) is 3.79. The Labute approximate surface area is 147 Å². The minimum atomic E-state index is -0.409. The normalized spacial score (nSPS) is 15.1. The Balaban J connectivity index is 1.58. The fourth-order valence-corrected chi connectivity index (χ4v) is 2.46. The summed E-state index contributed by atoms with van der Waals surface area (Å²) in [4.78, 5) is 29.0. The number of aromatic amines is 1. The predicted octanol–water partition coefficient (Wildman–Crippen LogP) is 1.54. The summed E-state index contributed by atoms with van der Waals surface area (Å²) in [5.41, 5.74) is 1.44. The van der Waals surface area contributed by atoms with Gasteiger partial charge in [-0.1, -0.05) is 11.6 Å². The van der Waals surface area contributed by atoms with E-state index in [0.29, 0.717) is 34.5 Å². The number of carbonyl (C=O) groups is 1. The van der Waals surface area contributed by atoms with Crippen molar-refractivity contribution in [1.29, 1.82) is 0 Å². The summed E-state index contributed by atoms with van der Waals surface area (Å²) in [7, 11) is 0. The zero-order chi connectivity index (χ0) is 17.4. The third-order valence-corrected chi connectivity index (χ3v) is 3.97. The fraction of sp³-hybridized carbons (Fsp3) is 0.333. The quantitative estimate of drug-likeness (QED) is 0.632. The summed E-state index contributed by atoms with van der Waals surface area (Å²) in [6, 6.07) is 1.60. The maximum atomic E-state index is 12.1. The van der Waals surface area contributed by atoms with E-state index in [4.69, 9.17) is 11.6 Å². The molecule has 0 bridgehead atoms. The molecule has 0 aliphatic heterocycles. The molecule has 1 aliphatic carbocycles. The van der Waals surface area contributed by atoms with Gasteiger partial charge in [-0.05, 0) is 25.8 Å². The van der Waals surface area contributed by atoms with Crippen LogP contribution in [-0.2, 0) is 4.79 Å². The largest absolute Gasteiger partial charge is 0.359 e. The number of halogens is 1. The lowest BCUT2D eigenvalue weighted by molar-refractivity contribution is -0.121. The highest BCUT2D eigenvalue weighted by Gasteiger charge is 2.25. The minimum absolute atomic E-state index is 0.0504. The summed E-state index contributed by atoms with van der Waals surface area (Å²) >= 11 is 5.90. The lowest BCUT2D eigenvalue weighted by Crippen LogP contribution is -2.38.